The third-order valence-electron chi connectivity index (χ3n) is 4.06. The maximum atomic E-state index is 12.3. The number of rotatable bonds is 14. The summed E-state index contributed by atoms with van der Waals surface area (Å²) in [4.78, 5) is 24.1. The van der Waals surface area contributed by atoms with Crippen LogP contribution in [0.5, 0.6) is 0 Å². The number of esters is 1. The van der Waals surface area contributed by atoms with Crippen LogP contribution in [0.15, 0.2) is 0 Å². The monoisotopic (exact) mass is 383 g/mol. The summed E-state index contributed by atoms with van der Waals surface area (Å²) >= 11 is 0. The van der Waals surface area contributed by atoms with Crippen molar-refractivity contribution in [2.24, 2.45) is 11.7 Å². The predicted octanol–water partition coefficient (Wildman–Crippen LogP) is 4.13. The molecule has 0 aromatic carbocycles. The van der Waals surface area contributed by atoms with Crippen LogP contribution in [0.1, 0.15) is 72.1 Å². The van der Waals surface area contributed by atoms with Crippen molar-refractivity contribution in [3.05, 3.63) is 0 Å². The summed E-state index contributed by atoms with van der Waals surface area (Å²) in [5, 5.41) is 0. The van der Waals surface area contributed by atoms with Crippen molar-refractivity contribution in [1.29, 1.82) is 0 Å². The first-order valence-corrected chi connectivity index (χ1v) is 9.22. The Labute approximate surface area is 153 Å². The lowest BCUT2D eigenvalue weighted by atomic mass is 9.89. The number of carbonyl (C=O) groups is 2. The van der Waals surface area contributed by atoms with Crippen molar-refractivity contribution in [3.8, 4) is 0 Å². The average Bonchev–Trinajstić information content (AvgIpc) is 2.52. The van der Waals surface area contributed by atoms with Gasteiger partial charge in [0.1, 0.15) is 11.3 Å². The van der Waals surface area contributed by atoms with Gasteiger partial charge < -0.3 is 10.5 Å². The summed E-state index contributed by atoms with van der Waals surface area (Å²) in [6.45, 7) is 4.35. The zero-order chi connectivity index (χ0) is 20.2. The van der Waals surface area contributed by atoms with Crippen LogP contribution < -0.4 is 5.73 Å². The van der Waals surface area contributed by atoms with Crippen LogP contribution in [-0.2, 0) is 19.1 Å². The van der Waals surface area contributed by atoms with Crippen LogP contribution in [0.2, 0.25) is 0 Å². The highest BCUT2D eigenvalue weighted by molar-refractivity contribution is 5.90. The first-order valence-electron chi connectivity index (χ1n) is 9.22. The molecule has 0 fully saturated rings. The van der Waals surface area contributed by atoms with Crippen LogP contribution in [0.25, 0.3) is 0 Å². The number of unbranched alkanes of at least 4 members (excludes halogenated alkanes) is 4. The molecule has 0 aliphatic heterocycles. The number of ketones is 1. The van der Waals surface area contributed by atoms with E-state index in [0.717, 1.165) is 32.1 Å². The molecule has 0 saturated heterocycles. The maximum absolute atomic E-state index is 12.3. The number of Topliss-reactive ketones (excluding diaryl/α,β-unsaturated/α-hetero) is 1. The van der Waals surface area contributed by atoms with E-state index in [4.69, 9.17) is 10.5 Å². The van der Waals surface area contributed by atoms with Gasteiger partial charge in [0.25, 0.3) is 0 Å². The van der Waals surface area contributed by atoms with Crippen molar-refractivity contribution < 1.29 is 32.2 Å². The molecule has 0 heterocycles. The second kappa shape index (κ2) is 12.3. The Bertz CT molecular complexity index is 429. The summed E-state index contributed by atoms with van der Waals surface area (Å²) in [5.41, 5.74) is 3.61. The molecule has 154 valence electrons. The van der Waals surface area contributed by atoms with Gasteiger partial charge in [-0.05, 0) is 12.8 Å². The smallest absolute Gasteiger partial charge is 0.465 e. The van der Waals surface area contributed by atoms with E-state index in [2.05, 4.69) is 11.7 Å². The van der Waals surface area contributed by atoms with Gasteiger partial charge in [-0.15, -0.1) is 13.2 Å². The fourth-order valence-corrected chi connectivity index (χ4v) is 2.68. The molecule has 0 rings (SSSR count). The Morgan fingerprint density at radius 2 is 1.69 bits per heavy atom. The lowest BCUT2D eigenvalue weighted by molar-refractivity contribution is -0.328. The summed E-state index contributed by atoms with van der Waals surface area (Å²) in [6.07, 6.45) is 1.12. The molecule has 0 radical (unpaired) electrons. The molecule has 0 aliphatic carbocycles. The molecular formula is C18H32F3NO4. The van der Waals surface area contributed by atoms with Crippen LogP contribution in [0.3, 0.4) is 0 Å². The van der Waals surface area contributed by atoms with Crippen LogP contribution in [0.4, 0.5) is 13.2 Å². The normalized spacial score (nSPS) is 15.3. The second-order valence-electron chi connectivity index (χ2n) is 6.84. The maximum Gasteiger partial charge on any atom is 0.522 e. The van der Waals surface area contributed by atoms with E-state index in [9.17, 15) is 22.8 Å². The van der Waals surface area contributed by atoms with Gasteiger partial charge in [0.15, 0.2) is 0 Å². The largest absolute Gasteiger partial charge is 0.522 e. The molecule has 0 aromatic heterocycles. The summed E-state index contributed by atoms with van der Waals surface area (Å²) in [5.74, 6) is -1.35. The predicted molar refractivity (Wildman–Crippen MR) is 92.3 cm³/mol. The number of hydrogen-bond acceptors (Lipinski definition) is 5. The molecule has 2 N–H and O–H groups in total. The number of carbonyl (C=O) groups excluding carboxylic acids is 2. The van der Waals surface area contributed by atoms with Crippen LogP contribution >= 0.6 is 0 Å². The van der Waals surface area contributed by atoms with Crippen LogP contribution in [0, 0.1) is 5.92 Å². The molecule has 5 nitrogen and oxygen atoms in total. The Hall–Kier alpha value is -1.15. The third kappa shape index (κ3) is 11.5. The molecule has 0 spiro atoms. The zero-order valence-electron chi connectivity index (χ0n) is 16.0. The summed E-state index contributed by atoms with van der Waals surface area (Å²) in [6, 6.07) is 0. The Morgan fingerprint density at radius 3 is 2.23 bits per heavy atom. The average molecular weight is 383 g/mol. The van der Waals surface area contributed by atoms with Gasteiger partial charge in [-0.1, -0.05) is 52.4 Å². The molecule has 2 unspecified atom stereocenters. The molecule has 8 heteroatoms. The number of ether oxygens (including phenoxy) is 2. The standard InChI is InChI=1S/C18H32F3NO4/c1-4-6-7-8-9-10-14(3)11-15(23)12-17(22,16(24)25-5-2)13-26-18(19,20)21/h14H,4-13,22H2,1-3H3. The molecule has 0 bridgehead atoms. The van der Waals surface area contributed by atoms with Gasteiger partial charge >= 0.3 is 12.3 Å². The SMILES string of the molecule is CCCCCCCC(C)CC(=O)CC(N)(COC(F)(F)F)C(=O)OCC. The summed E-state index contributed by atoms with van der Waals surface area (Å²) < 4.78 is 45.3. The highest BCUT2D eigenvalue weighted by Gasteiger charge is 2.42. The van der Waals surface area contributed by atoms with Crippen molar-refractivity contribution in [2.75, 3.05) is 13.2 Å². The van der Waals surface area contributed by atoms with Crippen molar-refractivity contribution in [2.45, 2.75) is 84.0 Å². The van der Waals surface area contributed by atoms with Crippen molar-refractivity contribution >= 4 is 11.8 Å². The Kier molecular flexibility index (Phi) is 11.7. The minimum absolute atomic E-state index is 0.0494. The van der Waals surface area contributed by atoms with Crippen molar-refractivity contribution in [3.63, 3.8) is 0 Å². The first-order chi connectivity index (χ1) is 12.0. The van der Waals surface area contributed by atoms with Crippen molar-refractivity contribution in [1.82, 2.24) is 0 Å². The van der Waals surface area contributed by atoms with E-state index in [-0.39, 0.29) is 24.7 Å². The first kappa shape index (κ1) is 24.8. The van der Waals surface area contributed by atoms with E-state index in [1.54, 1.807) is 0 Å². The van der Waals surface area contributed by atoms with Gasteiger partial charge in [0.05, 0.1) is 13.2 Å². The molecule has 2 atom stereocenters. The highest BCUT2D eigenvalue weighted by Crippen LogP contribution is 2.23. The minimum Gasteiger partial charge on any atom is -0.465 e. The number of hydrogen-bond donors (Lipinski definition) is 1. The molecule has 0 amide bonds. The molecule has 0 aliphatic rings. The van der Waals surface area contributed by atoms with Gasteiger partial charge in [-0.3, -0.25) is 9.53 Å². The van der Waals surface area contributed by atoms with E-state index < -0.39 is 30.9 Å². The van der Waals surface area contributed by atoms with Gasteiger partial charge in [0, 0.05) is 12.8 Å². The molecule has 0 saturated carbocycles. The lowest BCUT2D eigenvalue weighted by Gasteiger charge is -2.27. The highest BCUT2D eigenvalue weighted by atomic mass is 19.4. The Morgan fingerprint density at radius 1 is 1.08 bits per heavy atom. The summed E-state index contributed by atoms with van der Waals surface area (Å²) in [7, 11) is 0. The number of nitrogens with two attached hydrogens (primary N) is 1. The third-order valence-corrected chi connectivity index (χ3v) is 4.06. The topological polar surface area (TPSA) is 78.6 Å². The van der Waals surface area contributed by atoms with Gasteiger partial charge in [0.2, 0.25) is 0 Å². The van der Waals surface area contributed by atoms with Gasteiger partial charge in [-0.25, -0.2) is 4.79 Å². The number of halogens is 3. The van der Waals surface area contributed by atoms with E-state index >= 15 is 0 Å². The zero-order valence-corrected chi connectivity index (χ0v) is 16.0. The van der Waals surface area contributed by atoms with E-state index in [1.165, 1.54) is 13.3 Å². The second-order valence-corrected chi connectivity index (χ2v) is 6.84. The molecule has 0 aromatic rings. The van der Waals surface area contributed by atoms with E-state index in [1.807, 2.05) is 6.92 Å². The fourth-order valence-electron chi connectivity index (χ4n) is 2.68. The fraction of sp³-hybridized carbons (Fsp3) is 0.889. The Balaban J connectivity index is 4.58. The van der Waals surface area contributed by atoms with Crippen LogP contribution in [-0.4, -0.2) is 36.9 Å². The van der Waals surface area contributed by atoms with Gasteiger partial charge in [-0.2, -0.15) is 0 Å². The molecule has 26 heavy (non-hydrogen) atoms. The van der Waals surface area contributed by atoms with E-state index in [0.29, 0.717) is 0 Å². The minimum atomic E-state index is -4.94. The molecular weight excluding hydrogens is 351 g/mol. The quantitative estimate of drug-likeness (QED) is 0.360. The lowest BCUT2D eigenvalue weighted by Crippen LogP contribution is -2.55. The number of alkyl halides is 3.